The Morgan fingerprint density at radius 2 is 2.09 bits per heavy atom. The van der Waals surface area contributed by atoms with Crippen LogP contribution in [0.2, 0.25) is 0 Å². The maximum Gasteiger partial charge on any atom is 0.238 e. The van der Waals surface area contributed by atoms with Crippen LogP contribution in [-0.4, -0.2) is 44.0 Å². The fraction of sp³-hybridized carbons (Fsp3) is 0.533. The van der Waals surface area contributed by atoms with Crippen molar-refractivity contribution < 1.29 is 9.18 Å². The average molecular weight is 395 g/mol. The standard InChI is InChI=1S/C15H21BrFN3O.ClH/c1-18-9-11-4-6-20(7-5-11)10-15(21)19-14-3-2-12(16)8-13(14)17;/h2-3,8,11,18H,4-7,9-10H2,1H3,(H,19,21);1H. The van der Waals surface area contributed by atoms with E-state index in [9.17, 15) is 9.18 Å². The minimum atomic E-state index is -0.426. The van der Waals surface area contributed by atoms with Crippen LogP contribution in [0.1, 0.15) is 12.8 Å². The van der Waals surface area contributed by atoms with Crippen molar-refractivity contribution in [2.24, 2.45) is 5.92 Å². The Bertz CT molecular complexity index is 496. The second-order valence-corrected chi connectivity index (χ2v) is 6.37. The predicted molar refractivity (Wildman–Crippen MR) is 93.1 cm³/mol. The first kappa shape index (κ1) is 19.4. The summed E-state index contributed by atoms with van der Waals surface area (Å²) >= 11 is 3.19. The SMILES string of the molecule is CNCC1CCN(CC(=O)Nc2ccc(Br)cc2F)CC1.Cl. The molecule has 1 aliphatic heterocycles. The van der Waals surface area contributed by atoms with Crippen LogP contribution in [0.4, 0.5) is 10.1 Å². The molecule has 1 heterocycles. The second-order valence-electron chi connectivity index (χ2n) is 5.45. The van der Waals surface area contributed by atoms with E-state index in [1.165, 1.54) is 6.07 Å². The van der Waals surface area contributed by atoms with E-state index in [1.807, 2.05) is 7.05 Å². The van der Waals surface area contributed by atoms with Crippen LogP contribution in [0.25, 0.3) is 0 Å². The van der Waals surface area contributed by atoms with Gasteiger partial charge >= 0.3 is 0 Å². The molecule has 7 heteroatoms. The first-order valence-electron chi connectivity index (χ1n) is 7.20. The molecule has 1 aromatic carbocycles. The first-order valence-corrected chi connectivity index (χ1v) is 7.99. The maximum absolute atomic E-state index is 13.7. The number of piperidine rings is 1. The highest BCUT2D eigenvalue weighted by Gasteiger charge is 2.20. The van der Waals surface area contributed by atoms with Crippen molar-refractivity contribution >= 4 is 39.9 Å². The molecule has 0 radical (unpaired) electrons. The van der Waals surface area contributed by atoms with E-state index in [2.05, 4.69) is 31.5 Å². The van der Waals surface area contributed by atoms with Crippen LogP contribution >= 0.6 is 28.3 Å². The molecule has 0 aromatic heterocycles. The summed E-state index contributed by atoms with van der Waals surface area (Å²) < 4.78 is 14.3. The number of hydrogen-bond donors (Lipinski definition) is 2. The third-order valence-corrected chi connectivity index (χ3v) is 4.27. The Hall–Kier alpha value is -0.690. The highest BCUT2D eigenvalue weighted by molar-refractivity contribution is 9.10. The zero-order valence-electron chi connectivity index (χ0n) is 12.6. The number of nitrogens with one attached hydrogen (secondary N) is 2. The molecule has 0 unspecified atom stereocenters. The van der Waals surface area contributed by atoms with Crippen molar-refractivity contribution in [1.82, 2.24) is 10.2 Å². The number of benzene rings is 1. The zero-order valence-corrected chi connectivity index (χ0v) is 15.0. The number of amides is 1. The first-order chi connectivity index (χ1) is 10.1. The molecule has 22 heavy (non-hydrogen) atoms. The highest BCUT2D eigenvalue weighted by Crippen LogP contribution is 2.20. The van der Waals surface area contributed by atoms with E-state index >= 15 is 0 Å². The Balaban J connectivity index is 0.00000242. The van der Waals surface area contributed by atoms with Gasteiger partial charge in [0.25, 0.3) is 0 Å². The molecule has 1 saturated heterocycles. The van der Waals surface area contributed by atoms with Gasteiger partial charge in [0.05, 0.1) is 12.2 Å². The number of carbonyl (C=O) groups excluding carboxylic acids is 1. The summed E-state index contributed by atoms with van der Waals surface area (Å²) in [4.78, 5) is 14.1. The minimum Gasteiger partial charge on any atom is -0.322 e. The molecule has 1 amide bonds. The van der Waals surface area contributed by atoms with Gasteiger partial charge in [0.2, 0.25) is 5.91 Å². The molecule has 124 valence electrons. The summed E-state index contributed by atoms with van der Waals surface area (Å²) in [5.41, 5.74) is 0.230. The molecule has 2 N–H and O–H groups in total. The van der Waals surface area contributed by atoms with Crippen LogP contribution in [0.5, 0.6) is 0 Å². The van der Waals surface area contributed by atoms with Gasteiger partial charge in [-0.1, -0.05) is 15.9 Å². The normalized spacial score (nSPS) is 16.1. The number of anilines is 1. The molecule has 0 aliphatic carbocycles. The van der Waals surface area contributed by atoms with Crippen LogP contribution in [0.15, 0.2) is 22.7 Å². The van der Waals surface area contributed by atoms with E-state index in [1.54, 1.807) is 12.1 Å². The minimum absolute atomic E-state index is 0. The molecule has 2 rings (SSSR count). The molecule has 0 atom stereocenters. The quantitative estimate of drug-likeness (QED) is 0.807. The number of likely N-dealkylation sites (tertiary alicyclic amines) is 1. The van der Waals surface area contributed by atoms with Crippen molar-refractivity contribution in [2.75, 3.05) is 38.5 Å². The van der Waals surface area contributed by atoms with E-state index in [0.29, 0.717) is 16.9 Å². The molecule has 1 fully saturated rings. The maximum atomic E-state index is 13.7. The van der Waals surface area contributed by atoms with E-state index in [0.717, 1.165) is 32.5 Å². The molecular weight excluding hydrogens is 373 g/mol. The van der Waals surface area contributed by atoms with Gasteiger partial charge in [-0.15, -0.1) is 12.4 Å². The largest absolute Gasteiger partial charge is 0.322 e. The van der Waals surface area contributed by atoms with Crippen LogP contribution in [0, 0.1) is 11.7 Å². The third-order valence-electron chi connectivity index (χ3n) is 3.77. The van der Waals surface area contributed by atoms with Gasteiger partial charge in [0.15, 0.2) is 0 Å². The van der Waals surface area contributed by atoms with Crippen molar-refractivity contribution in [3.05, 3.63) is 28.5 Å². The van der Waals surface area contributed by atoms with Crippen LogP contribution in [0.3, 0.4) is 0 Å². The van der Waals surface area contributed by atoms with E-state index < -0.39 is 5.82 Å². The lowest BCUT2D eigenvalue weighted by atomic mass is 9.97. The van der Waals surface area contributed by atoms with Crippen LogP contribution in [-0.2, 0) is 4.79 Å². The Labute approximate surface area is 145 Å². The summed E-state index contributed by atoms with van der Waals surface area (Å²) in [6.07, 6.45) is 2.20. The van der Waals surface area contributed by atoms with Gasteiger partial charge in [-0.05, 0) is 63.6 Å². The Kier molecular flexibility index (Phi) is 8.31. The van der Waals surface area contributed by atoms with Gasteiger partial charge in [-0.25, -0.2) is 4.39 Å². The summed E-state index contributed by atoms with van der Waals surface area (Å²) in [6, 6.07) is 4.62. The Morgan fingerprint density at radius 1 is 1.41 bits per heavy atom. The number of rotatable bonds is 5. The Morgan fingerprint density at radius 3 is 2.68 bits per heavy atom. The van der Waals surface area contributed by atoms with E-state index in [4.69, 9.17) is 0 Å². The monoisotopic (exact) mass is 393 g/mol. The summed E-state index contributed by atoms with van der Waals surface area (Å²) in [6.45, 7) is 3.19. The van der Waals surface area contributed by atoms with Crippen molar-refractivity contribution in [3.8, 4) is 0 Å². The van der Waals surface area contributed by atoms with Gasteiger partial charge < -0.3 is 10.6 Å². The molecule has 1 aliphatic rings. The number of nitrogens with zero attached hydrogens (tertiary/aromatic N) is 1. The second kappa shape index (κ2) is 9.45. The molecule has 1 aromatic rings. The van der Waals surface area contributed by atoms with Gasteiger partial charge in [-0.3, -0.25) is 9.69 Å². The van der Waals surface area contributed by atoms with Gasteiger partial charge in [0, 0.05) is 4.47 Å². The van der Waals surface area contributed by atoms with Gasteiger partial charge in [-0.2, -0.15) is 0 Å². The van der Waals surface area contributed by atoms with Gasteiger partial charge in [0.1, 0.15) is 5.82 Å². The fourth-order valence-corrected chi connectivity index (χ4v) is 2.95. The lowest BCUT2D eigenvalue weighted by molar-refractivity contribution is -0.117. The zero-order chi connectivity index (χ0) is 15.2. The lowest BCUT2D eigenvalue weighted by Gasteiger charge is -2.31. The topological polar surface area (TPSA) is 44.4 Å². The van der Waals surface area contributed by atoms with Crippen LogP contribution < -0.4 is 10.6 Å². The fourth-order valence-electron chi connectivity index (χ4n) is 2.62. The number of hydrogen-bond acceptors (Lipinski definition) is 3. The average Bonchev–Trinajstić information content (AvgIpc) is 2.44. The van der Waals surface area contributed by atoms with Crippen molar-refractivity contribution in [2.45, 2.75) is 12.8 Å². The summed E-state index contributed by atoms with van der Waals surface area (Å²) in [5.74, 6) is 0.104. The summed E-state index contributed by atoms with van der Waals surface area (Å²) in [5, 5.41) is 5.83. The molecule has 4 nitrogen and oxygen atoms in total. The molecule has 0 spiro atoms. The lowest BCUT2D eigenvalue weighted by Crippen LogP contribution is -2.40. The number of halogens is 3. The van der Waals surface area contributed by atoms with Crippen molar-refractivity contribution in [1.29, 1.82) is 0 Å². The highest BCUT2D eigenvalue weighted by atomic mass is 79.9. The number of carbonyl (C=O) groups is 1. The van der Waals surface area contributed by atoms with E-state index in [-0.39, 0.29) is 24.0 Å². The smallest absolute Gasteiger partial charge is 0.238 e. The van der Waals surface area contributed by atoms with Crippen molar-refractivity contribution in [3.63, 3.8) is 0 Å². The molecule has 0 saturated carbocycles. The summed E-state index contributed by atoms with van der Waals surface area (Å²) in [7, 11) is 1.96. The third kappa shape index (κ3) is 5.83. The molecular formula is C15H22BrClFN3O. The molecule has 0 bridgehead atoms. The predicted octanol–water partition coefficient (Wildman–Crippen LogP) is 2.88.